The molecule has 0 N–H and O–H groups in total. The smallest absolute Gasteiger partial charge is 0.318 e. The number of fused-ring (bicyclic) bond motifs is 1. The van der Waals surface area contributed by atoms with Crippen LogP contribution in [0.25, 0.3) is 10.3 Å². The minimum atomic E-state index is -0.381. The molecule has 1 amide bonds. The molecule has 0 aliphatic carbocycles. The first kappa shape index (κ1) is 20.6. The van der Waals surface area contributed by atoms with Crippen molar-refractivity contribution in [3.63, 3.8) is 0 Å². The highest BCUT2D eigenvalue weighted by Gasteiger charge is 2.26. The lowest BCUT2D eigenvalue weighted by molar-refractivity contribution is -0.139. The van der Waals surface area contributed by atoms with Gasteiger partial charge >= 0.3 is 5.97 Å². The zero-order valence-corrected chi connectivity index (χ0v) is 18.4. The number of nitrogens with zero attached hydrogens (tertiary/aromatic N) is 4. The molecule has 0 radical (unpaired) electrons. The van der Waals surface area contributed by atoms with Crippen molar-refractivity contribution in [3.8, 4) is 0 Å². The molecule has 156 valence electrons. The highest BCUT2D eigenvalue weighted by molar-refractivity contribution is 8.00. The highest BCUT2D eigenvalue weighted by atomic mass is 32.2. The van der Waals surface area contributed by atoms with Gasteiger partial charge in [-0.15, -0.1) is 11.8 Å². The van der Waals surface area contributed by atoms with Crippen molar-refractivity contribution in [2.45, 2.75) is 17.1 Å². The van der Waals surface area contributed by atoms with Crippen LogP contribution in [0.2, 0.25) is 0 Å². The van der Waals surface area contributed by atoms with Crippen molar-refractivity contribution in [3.05, 3.63) is 48.2 Å². The van der Waals surface area contributed by atoms with Crippen LogP contribution in [0.3, 0.4) is 0 Å². The molecule has 1 aliphatic rings. The Bertz CT molecular complexity index is 1030. The molecule has 7 nitrogen and oxygen atoms in total. The van der Waals surface area contributed by atoms with E-state index in [0.29, 0.717) is 18.7 Å². The van der Waals surface area contributed by atoms with Gasteiger partial charge in [-0.3, -0.25) is 9.59 Å². The fourth-order valence-corrected chi connectivity index (χ4v) is 5.29. The van der Waals surface area contributed by atoms with E-state index in [1.165, 1.54) is 18.9 Å². The monoisotopic (exact) mass is 442 g/mol. The van der Waals surface area contributed by atoms with E-state index in [0.717, 1.165) is 33.5 Å². The van der Waals surface area contributed by atoms with E-state index >= 15 is 0 Å². The van der Waals surface area contributed by atoms with Crippen LogP contribution in [0.4, 0.5) is 5.13 Å². The summed E-state index contributed by atoms with van der Waals surface area (Å²) in [6, 6.07) is 11.3. The summed E-state index contributed by atoms with van der Waals surface area (Å²) < 4.78 is 4.81. The van der Waals surface area contributed by atoms with Gasteiger partial charge in [-0.2, -0.15) is 0 Å². The third-order valence-electron chi connectivity index (χ3n) is 4.95. The summed E-state index contributed by atoms with van der Waals surface area (Å²) in [6.07, 6.45) is 1.78. The second kappa shape index (κ2) is 9.01. The molecule has 3 aromatic rings. The Morgan fingerprint density at radius 3 is 2.63 bits per heavy atom. The van der Waals surface area contributed by atoms with Crippen LogP contribution in [-0.4, -0.2) is 65.3 Å². The molecule has 1 saturated heterocycles. The van der Waals surface area contributed by atoms with Crippen molar-refractivity contribution in [2.24, 2.45) is 0 Å². The van der Waals surface area contributed by atoms with Crippen molar-refractivity contribution in [1.82, 2.24) is 14.9 Å². The van der Waals surface area contributed by atoms with Crippen molar-refractivity contribution in [2.75, 3.05) is 38.2 Å². The Balaban J connectivity index is 1.44. The maximum absolute atomic E-state index is 13.2. The molecule has 1 aliphatic heterocycles. The SMILES string of the molecule is COC(=O)C(C)Sc1ccccc1C(=O)N1CCN(c2nc3cccnc3s2)CC1. The maximum atomic E-state index is 13.2. The van der Waals surface area contributed by atoms with Gasteiger partial charge in [0.15, 0.2) is 5.13 Å². The van der Waals surface area contributed by atoms with Gasteiger partial charge in [-0.05, 0) is 31.2 Å². The molecule has 1 aromatic carbocycles. The molecule has 1 atom stereocenters. The number of piperazine rings is 1. The summed E-state index contributed by atoms with van der Waals surface area (Å²) in [5.41, 5.74) is 1.53. The Hall–Kier alpha value is -2.65. The molecule has 0 saturated carbocycles. The number of hydrogen-bond donors (Lipinski definition) is 0. The van der Waals surface area contributed by atoms with Gasteiger partial charge in [0.2, 0.25) is 0 Å². The second-order valence-electron chi connectivity index (χ2n) is 6.88. The number of thioether (sulfide) groups is 1. The molecule has 0 spiro atoms. The number of methoxy groups -OCH3 is 1. The zero-order chi connectivity index (χ0) is 21.1. The van der Waals surface area contributed by atoms with Crippen molar-refractivity contribution >= 4 is 50.5 Å². The molecule has 1 unspecified atom stereocenters. The first-order chi connectivity index (χ1) is 14.6. The van der Waals surface area contributed by atoms with Gasteiger partial charge in [0, 0.05) is 37.3 Å². The third-order valence-corrected chi connectivity index (χ3v) is 7.14. The lowest BCUT2D eigenvalue weighted by atomic mass is 10.2. The number of carbonyl (C=O) groups excluding carboxylic acids is 2. The number of carbonyl (C=O) groups is 2. The van der Waals surface area contributed by atoms with Gasteiger partial charge in [-0.25, -0.2) is 9.97 Å². The van der Waals surface area contributed by atoms with Crippen LogP contribution in [-0.2, 0) is 9.53 Å². The molecular weight excluding hydrogens is 420 g/mol. The predicted octanol–water partition coefficient (Wildman–Crippen LogP) is 3.31. The maximum Gasteiger partial charge on any atom is 0.318 e. The number of anilines is 1. The molecule has 30 heavy (non-hydrogen) atoms. The van der Waals surface area contributed by atoms with Gasteiger partial charge in [0.25, 0.3) is 5.91 Å². The van der Waals surface area contributed by atoms with E-state index in [4.69, 9.17) is 4.74 Å². The lowest BCUT2D eigenvalue weighted by Crippen LogP contribution is -2.48. The Morgan fingerprint density at radius 1 is 1.13 bits per heavy atom. The van der Waals surface area contributed by atoms with E-state index in [1.54, 1.807) is 24.5 Å². The summed E-state index contributed by atoms with van der Waals surface area (Å²) in [7, 11) is 1.37. The summed E-state index contributed by atoms with van der Waals surface area (Å²) in [5.74, 6) is -0.318. The number of hydrogen-bond acceptors (Lipinski definition) is 8. The van der Waals surface area contributed by atoms with Crippen LogP contribution in [0.5, 0.6) is 0 Å². The van der Waals surface area contributed by atoms with Crippen LogP contribution >= 0.6 is 23.1 Å². The van der Waals surface area contributed by atoms with Gasteiger partial charge in [-0.1, -0.05) is 23.5 Å². The van der Waals surface area contributed by atoms with Crippen LogP contribution in [0.15, 0.2) is 47.5 Å². The number of ether oxygens (including phenoxy) is 1. The van der Waals surface area contributed by atoms with Crippen molar-refractivity contribution in [1.29, 1.82) is 0 Å². The minimum absolute atomic E-state index is 0.0132. The van der Waals surface area contributed by atoms with Gasteiger partial charge < -0.3 is 14.5 Å². The van der Waals surface area contributed by atoms with Crippen molar-refractivity contribution < 1.29 is 14.3 Å². The van der Waals surface area contributed by atoms with Crippen LogP contribution in [0.1, 0.15) is 17.3 Å². The van der Waals surface area contributed by atoms with E-state index in [2.05, 4.69) is 14.9 Å². The number of aromatic nitrogens is 2. The first-order valence-corrected chi connectivity index (χ1v) is 11.4. The number of esters is 1. The molecular formula is C21H22N4O3S2. The standard InChI is InChI=1S/C21H22N4O3S2/c1-14(20(27)28-2)29-17-8-4-3-6-15(17)19(26)24-10-12-25(13-11-24)21-23-16-7-5-9-22-18(16)30-21/h3-9,14H,10-13H2,1-2H3. The second-order valence-corrected chi connectivity index (χ2v) is 9.22. The fraction of sp³-hybridized carbons (Fsp3) is 0.333. The van der Waals surface area contributed by atoms with Gasteiger partial charge in [0.1, 0.15) is 15.6 Å². The van der Waals surface area contributed by atoms with E-state index in [1.807, 2.05) is 41.3 Å². The molecule has 3 heterocycles. The Labute approximate surface area is 183 Å². The van der Waals surface area contributed by atoms with E-state index in [-0.39, 0.29) is 17.1 Å². The van der Waals surface area contributed by atoms with E-state index < -0.39 is 0 Å². The number of thiazole rings is 1. The highest BCUT2D eigenvalue weighted by Crippen LogP contribution is 2.30. The average Bonchev–Trinajstić information content (AvgIpc) is 3.23. The number of rotatable bonds is 5. The predicted molar refractivity (Wildman–Crippen MR) is 119 cm³/mol. The zero-order valence-electron chi connectivity index (χ0n) is 16.8. The van der Waals surface area contributed by atoms with Crippen LogP contribution < -0.4 is 4.90 Å². The number of amides is 1. The summed E-state index contributed by atoms with van der Waals surface area (Å²) in [6.45, 7) is 4.46. The molecule has 9 heteroatoms. The fourth-order valence-electron chi connectivity index (χ4n) is 3.32. The average molecular weight is 443 g/mol. The van der Waals surface area contributed by atoms with Gasteiger partial charge in [0.05, 0.1) is 12.7 Å². The van der Waals surface area contributed by atoms with E-state index in [9.17, 15) is 9.59 Å². The molecule has 2 aromatic heterocycles. The molecule has 4 rings (SSSR count). The summed E-state index contributed by atoms with van der Waals surface area (Å²) >= 11 is 2.92. The minimum Gasteiger partial charge on any atom is -0.468 e. The quantitative estimate of drug-likeness (QED) is 0.443. The number of pyridine rings is 1. The molecule has 0 bridgehead atoms. The third kappa shape index (κ3) is 4.27. The van der Waals surface area contributed by atoms with Crippen LogP contribution in [0, 0.1) is 0 Å². The summed E-state index contributed by atoms with van der Waals surface area (Å²) in [5, 5.41) is 0.562. The summed E-state index contributed by atoms with van der Waals surface area (Å²) in [4.78, 5) is 39.8. The largest absolute Gasteiger partial charge is 0.468 e. The number of benzene rings is 1. The topological polar surface area (TPSA) is 75.6 Å². The normalized spacial score (nSPS) is 15.3. The Morgan fingerprint density at radius 2 is 1.90 bits per heavy atom. The lowest BCUT2D eigenvalue weighted by Gasteiger charge is -2.34. The Kier molecular flexibility index (Phi) is 6.19. The molecule has 1 fully saturated rings. The first-order valence-electron chi connectivity index (χ1n) is 9.66.